The van der Waals surface area contributed by atoms with E-state index in [9.17, 15) is 20.2 Å². The summed E-state index contributed by atoms with van der Waals surface area (Å²) in [5, 5.41) is 26.3. The van der Waals surface area contributed by atoms with Crippen molar-refractivity contribution in [1.82, 2.24) is 0 Å². The molecule has 0 fully saturated rings. The first-order valence-corrected chi connectivity index (χ1v) is 7.39. The lowest BCUT2D eigenvalue weighted by molar-refractivity contribution is -0.393. The van der Waals surface area contributed by atoms with Crippen molar-refractivity contribution < 1.29 is 9.85 Å². The smallest absolute Gasteiger partial charge is 0.272 e. The highest BCUT2D eigenvalue weighted by molar-refractivity contribution is 6.29. The largest absolute Gasteiger partial charge is 0.301 e. The van der Waals surface area contributed by atoms with Gasteiger partial charge in [0.15, 0.2) is 0 Å². The van der Waals surface area contributed by atoms with Gasteiger partial charge in [-0.05, 0) is 38.8 Å². The highest BCUT2D eigenvalue weighted by Gasteiger charge is 2.18. The van der Waals surface area contributed by atoms with Crippen molar-refractivity contribution in [2.75, 3.05) is 5.43 Å². The van der Waals surface area contributed by atoms with Gasteiger partial charge in [-0.3, -0.25) is 25.7 Å². The molecule has 0 atom stereocenters. The van der Waals surface area contributed by atoms with Crippen LogP contribution in [-0.4, -0.2) is 16.1 Å². The predicted molar refractivity (Wildman–Crippen MR) is 94.5 cm³/mol. The third kappa shape index (κ3) is 6.57. The molecular formula is C15H17ClN4O4. The van der Waals surface area contributed by atoms with Crippen LogP contribution in [0.2, 0.25) is 0 Å². The van der Waals surface area contributed by atoms with Crippen LogP contribution in [-0.2, 0) is 0 Å². The Morgan fingerprint density at radius 3 is 2.58 bits per heavy atom. The molecule has 8 nitrogen and oxygen atoms in total. The van der Waals surface area contributed by atoms with Crippen molar-refractivity contribution >= 4 is 34.9 Å². The topological polar surface area (TPSA) is 111 Å². The highest BCUT2D eigenvalue weighted by Crippen LogP contribution is 2.28. The monoisotopic (exact) mass is 352 g/mol. The van der Waals surface area contributed by atoms with Crippen LogP contribution >= 0.6 is 11.6 Å². The normalized spacial score (nSPS) is 12.5. The summed E-state index contributed by atoms with van der Waals surface area (Å²) < 4.78 is 0. The maximum atomic E-state index is 11.0. The molecule has 0 aromatic heterocycles. The molecule has 0 spiro atoms. The summed E-state index contributed by atoms with van der Waals surface area (Å²) in [5.74, 6) is 0. The van der Waals surface area contributed by atoms with E-state index < -0.39 is 15.5 Å². The Balaban J connectivity index is 2.74. The summed E-state index contributed by atoms with van der Waals surface area (Å²) >= 11 is 5.74. The summed E-state index contributed by atoms with van der Waals surface area (Å²) in [4.78, 5) is 20.2. The lowest BCUT2D eigenvalue weighted by atomic mass is 10.1. The van der Waals surface area contributed by atoms with E-state index in [4.69, 9.17) is 11.6 Å². The summed E-state index contributed by atoms with van der Waals surface area (Å²) in [7, 11) is 0. The molecule has 1 aromatic rings. The molecule has 9 heteroatoms. The van der Waals surface area contributed by atoms with E-state index in [2.05, 4.69) is 10.5 Å². The predicted octanol–water partition coefficient (Wildman–Crippen LogP) is 4.77. The summed E-state index contributed by atoms with van der Waals surface area (Å²) in [6.45, 7) is 3.74. The molecule has 24 heavy (non-hydrogen) atoms. The molecule has 1 rings (SSSR count). The fraction of sp³-hybridized carbons (Fsp3) is 0.267. The average Bonchev–Trinajstić information content (AvgIpc) is 2.50. The molecule has 0 amide bonds. The summed E-state index contributed by atoms with van der Waals surface area (Å²) in [5.41, 5.74) is 2.89. The standard InChI is InChI=1S/C15H17ClN4O4/c1-11(4-3-5-12(2)16)8-9-17-18-14-7-6-13(19(21)22)10-15(14)20(23)24/h5-10,18H,3-4H2,1-2H3. The van der Waals surface area contributed by atoms with Gasteiger partial charge < -0.3 is 0 Å². The van der Waals surface area contributed by atoms with E-state index in [-0.39, 0.29) is 11.4 Å². The van der Waals surface area contributed by atoms with Crippen LogP contribution in [0.4, 0.5) is 17.1 Å². The summed E-state index contributed by atoms with van der Waals surface area (Å²) in [6.07, 6.45) is 6.77. The number of nitrogens with zero attached hydrogens (tertiary/aromatic N) is 3. The van der Waals surface area contributed by atoms with Crippen LogP contribution in [0, 0.1) is 20.2 Å². The Morgan fingerprint density at radius 1 is 1.29 bits per heavy atom. The molecule has 0 bridgehead atoms. The molecular weight excluding hydrogens is 336 g/mol. The van der Waals surface area contributed by atoms with Crippen LogP contribution in [0.25, 0.3) is 0 Å². The number of nitro benzene ring substituents is 2. The minimum Gasteiger partial charge on any atom is -0.272 e. The third-order valence-electron chi connectivity index (χ3n) is 2.97. The lowest BCUT2D eigenvalue weighted by Crippen LogP contribution is -1.98. The number of hydrogen-bond acceptors (Lipinski definition) is 6. The van der Waals surface area contributed by atoms with Crippen LogP contribution in [0.5, 0.6) is 0 Å². The van der Waals surface area contributed by atoms with Gasteiger partial charge in [-0.1, -0.05) is 23.3 Å². The van der Waals surface area contributed by atoms with Crippen LogP contribution < -0.4 is 5.43 Å². The van der Waals surface area contributed by atoms with E-state index in [1.807, 2.05) is 19.9 Å². The number of allylic oxidation sites excluding steroid dienone is 4. The van der Waals surface area contributed by atoms with Crippen molar-refractivity contribution in [3.8, 4) is 0 Å². The zero-order valence-electron chi connectivity index (χ0n) is 13.2. The van der Waals surface area contributed by atoms with Gasteiger partial charge in [-0.2, -0.15) is 5.10 Å². The highest BCUT2D eigenvalue weighted by atomic mass is 35.5. The number of rotatable bonds is 8. The number of non-ortho nitro benzene ring substituents is 1. The van der Waals surface area contributed by atoms with E-state index in [1.54, 1.807) is 6.08 Å². The van der Waals surface area contributed by atoms with Gasteiger partial charge in [0, 0.05) is 17.3 Å². The van der Waals surface area contributed by atoms with Crippen molar-refractivity contribution in [3.05, 3.63) is 61.2 Å². The number of hydrogen-bond donors (Lipinski definition) is 1. The van der Waals surface area contributed by atoms with Gasteiger partial charge in [0.25, 0.3) is 5.69 Å². The van der Waals surface area contributed by atoms with E-state index >= 15 is 0 Å². The molecule has 0 unspecified atom stereocenters. The molecule has 0 aliphatic heterocycles. The van der Waals surface area contributed by atoms with Crippen LogP contribution in [0.1, 0.15) is 26.7 Å². The summed E-state index contributed by atoms with van der Waals surface area (Å²) in [6, 6.07) is 3.31. The third-order valence-corrected chi connectivity index (χ3v) is 3.13. The second-order valence-electron chi connectivity index (χ2n) is 4.95. The second kappa shape index (κ2) is 9.41. The molecule has 0 saturated heterocycles. The molecule has 0 radical (unpaired) electrons. The first-order chi connectivity index (χ1) is 11.3. The van der Waals surface area contributed by atoms with Gasteiger partial charge in [0.2, 0.25) is 0 Å². The lowest BCUT2D eigenvalue weighted by Gasteiger charge is -2.01. The minimum atomic E-state index is -0.702. The SMILES string of the molecule is CC(Cl)=CCCC(C)=CC=NNc1ccc([N+](=O)[O-])cc1[N+](=O)[O-]. The first-order valence-electron chi connectivity index (χ1n) is 7.01. The molecule has 128 valence electrons. The number of benzene rings is 1. The van der Waals surface area contributed by atoms with Crippen molar-refractivity contribution in [2.45, 2.75) is 26.7 Å². The van der Waals surface area contributed by atoms with Gasteiger partial charge in [-0.25, -0.2) is 0 Å². The molecule has 0 aliphatic carbocycles. The maximum absolute atomic E-state index is 11.0. The number of anilines is 1. The number of nitro groups is 2. The van der Waals surface area contributed by atoms with E-state index in [1.165, 1.54) is 18.3 Å². The fourth-order valence-corrected chi connectivity index (χ4v) is 1.84. The maximum Gasteiger partial charge on any atom is 0.301 e. The van der Waals surface area contributed by atoms with Crippen molar-refractivity contribution in [2.24, 2.45) is 5.10 Å². The number of hydrazone groups is 1. The molecule has 0 saturated carbocycles. The van der Waals surface area contributed by atoms with Crippen LogP contribution in [0.3, 0.4) is 0 Å². The van der Waals surface area contributed by atoms with Crippen LogP contribution in [0.15, 0.2) is 46.1 Å². The van der Waals surface area contributed by atoms with Gasteiger partial charge in [-0.15, -0.1) is 0 Å². The Morgan fingerprint density at radius 2 is 2.00 bits per heavy atom. The molecule has 1 aromatic carbocycles. The van der Waals surface area contributed by atoms with E-state index in [0.29, 0.717) is 0 Å². The van der Waals surface area contributed by atoms with Crippen molar-refractivity contribution in [1.29, 1.82) is 0 Å². The quantitative estimate of drug-likeness (QED) is 0.411. The molecule has 0 heterocycles. The van der Waals surface area contributed by atoms with Crippen molar-refractivity contribution in [3.63, 3.8) is 0 Å². The molecule has 0 aliphatic rings. The zero-order valence-corrected chi connectivity index (χ0v) is 14.0. The number of halogens is 1. The van der Waals surface area contributed by atoms with E-state index in [0.717, 1.165) is 29.5 Å². The Bertz CT molecular complexity index is 709. The number of nitrogens with one attached hydrogen (secondary N) is 1. The van der Waals surface area contributed by atoms with Gasteiger partial charge in [0.05, 0.1) is 15.9 Å². The zero-order chi connectivity index (χ0) is 18.1. The van der Waals surface area contributed by atoms with Gasteiger partial charge in [0.1, 0.15) is 5.69 Å². The average molecular weight is 353 g/mol. The minimum absolute atomic E-state index is 0.0774. The Hall–Kier alpha value is -2.74. The second-order valence-corrected chi connectivity index (χ2v) is 5.54. The first kappa shape index (κ1) is 19.3. The van der Waals surface area contributed by atoms with Gasteiger partial charge >= 0.3 is 5.69 Å². The fourth-order valence-electron chi connectivity index (χ4n) is 1.73. The Labute approximate surface area is 143 Å². The Kier molecular flexibility index (Phi) is 7.57. The molecule has 1 N–H and O–H groups in total.